The van der Waals surface area contributed by atoms with Gasteiger partial charge in [0.15, 0.2) is 0 Å². The van der Waals surface area contributed by atoms with E-state index in [1.165, 1.54) is 6.26 Å². The standard InChI is InChI=1S/C10H8N2O2/c11-10-12-9(6-14-10)8-3-1-7(5-13)2-4-8/h1-6H,(H2,11,12). The fraction of sp³-hybridized carbons (Fsp3) is 0. The maximum atomic E-state index is 10.4. The van der Waals surface area contributed by atoms with Gasteiger partial charge in [0.25, 0.3) is 6.01 Å². The fourth-order valence-electron chi connectivity index (χ4n) is 1.15. The Hall–Kier alpha value is -2.10. The van der Waals surface area contributed by atoms with Gasteiger partial charge in [-0.15, -0.1) is 0 Å². The van der Waals surface area contributed by atoms with Crippen LogP contribution in [0.5, 0.6) is 0 Å². The first kappa shape index (κ1) is 8.50. The topological polar surface area (TPSA) is 69.1 Å². The van der Waals surface area contributed by atoms with Crippen molar-refractivity contribution in [3.8, 4) is 11.3 Å². The molecule has 0 spiro atoms. The highest BCUT2D eigenvalue weighted by Gasteiger charge is 2.02. The molecule has 0 saturated carbocycles. The van der Waals surface area contributed by atoms with Crippen LogP contribution < -0.4 is 5.73 Å². The van der Waals surface area contributed by atoms with Gasteiger partial charge in [0.1, 0.15) is 18.2 Å². The van der Waals surface area contributed by atoms with Crippen LogP contribution in [0.25, 0.3) is 11.3 Å². The molecule has 0 saturated heterocycles. The molecule has 0 radical (unpaired) electrons. The minimum atomic E-state index is 0.138. The highest BCUT2D eigenvalue weighted by molar-refractivity contribution is 5.76. The highest BCUT2D eigenvalue weighted by atomic mass is 16.4. The van der Waals surface area contributed by atoms with Crippen LogP contribution >= 0.6 is 0 Å². The Labute approximate surface area is 80.4 Å². The van der Waals surface area contributed by atoms with Crippen LogP contribution in [0.2, 0.25) is 0 Å². The van der Waals surface area contributed by atoms with Gasteiger partial charge in [0.05, 0.1) is 0 Å². The molecule has 2 rings (SSSR count). The van der Waals surface area contributed by atoms with Crippen molar-refractivity contribution < 1.29 is 9.21 Å². The molecule has 0 aliphatic carbocycles. The number of hydrogen-bond donors (Lipinski definition) is 1. The molecule has 70 valence electrons. The maximum absolute atomic E-state index is 10.4. The smallest absolute Gasteiger partial charge is 0.292 e. The van der Waals surface area contributed by atoms with Crippen molar-refractivity contribution in [2.45, 2.75) is 0 Å². The number of hydrogen-bond acceptors (Lipinski definition) is 4. The first-order valence-electron chi connectivity index (χ1n) is 4.06. The Bertz CT molecular complexity index is 445. The molecule has 0 atom stereocenters. The lowest BCUT2D eigenvalue weighted by molar-refractivity contribution is 0.112. The molecule has 4 heteroatoms. The second-order valence-electron chi connectivity index (χ2n) is 2.81. The third-order valence-corrected chi connectivity index (χ3v) is 1.86. The predicted molar refractivity (Wildman–Crippen MR) is 51.7 cm³/mol. The summed E-state index contributed by atoms with van der Waals surface area (Å²) in [5.74, 6) is 0. The van der Waals surface area contributed by atoms with Gasteiger partial charge in [0, 0.05) is 11.1 Å². The number of aldehydes is 1. The molecular weight excluding hydrogens is 180 g/mol. The van der Waals surface area contributed by atoms with Crippen LogP contribution in [0, 0.1) is 0 Å². The monoisotopic (exact) mass is 188 g/mol. The summed E-state index contributed by atoms with van der Waals surface area (Å²) in [6.07, 6.45) is 2.27. The van der Waals surface area contributed by atoms with Crippen LogP contribution in [-0.2, 0) is 0 Å². The quantitative estimate of drug-likeness (QED) is 0.728. The molecule has 2 N–H and O–H groups in total. The van der Waals surface area contributed by atoms with E-state index < -0.39 is 0 Å². The predicted octanol–water partition coefficient (Wildman–Crippen LogP) is 1.74. The molecule has 0 amide bonds. The summed E-state index contributed by atoms with van der Waals surface area (Å²) in [7, 11) is 0. The second-order valence-corrected chi connectivity index (χ2v) is 2.81. The molecule has 0 aliphatic rings. The van der Waals surface area contributed by atoms with E-state index in [9.17, 15) is 4.79 Å². The summed E-state index contributed by atoms with van der Waals surface area (Å²) in [5, 5.41) is 0. The Morgan fingerprint density at radius 2 is 2.00 bits per heavy atom. The lowest BCUT2D eigenvalue weighted by Gasteiger charge is -1.94. The van der Waals surface area contributed by atoms with Gasteiger partial charge in [-0.3, -0.25) is 4.79 Å². The molecule has 0 fully saturated rings. The summed E-state index contributed by atoms with van der Waals surface area (Å²) in [5.41, 5.74) is 7.51. The average Bonchev–Trinajstić information content (AvgIpc) is 2.65. The highest BCUT2D eigenvalue weighted by Crippen LogP contribution is 2.19. The van der Waals surface area contributed by atoms with Gasteiger partial charge in [-0.2, -0.15) is 4.98 Å². The van der Waals surface area contributed by atoms with Gasteiger partial charge in [-0.1, -0.05) is 24.3 Å². The average molecular weight is 188 g/mol. The fourth-order valence-corrected chi connectivity index (χ4v) is 1.15. The van der Waals surface area contributed by atoms with E-state index in [4.69, 9.17) is 10.2 Å². The number of rotatable bonds is 2. The van der Waals surface area contributed by atoms with Gasteiger partial charge < -0.3 is 10.2 Å². The van der Waals surface area contributed by atoms with E-state index in [0.29, 0.717) is 11.3 Å². The second kappa shape index (κ2) is 3.33. The number of nitrogens with two attached hydrogens (primary N) is 1. The van der Waals surface area contributed by atoms with Crippen molar-refractivity contribution in [1.29, 1.82) is 0 Å². The lowest BCUT2D eigenvalue weighted by Crippen LogP contribution is -1.84. The van der Waals surface area contributed by atoms with Crippen molar-refractivity contribution in [3.05, 3.63) is 36.1 Å². The van der Waals surface area contributed by atoms with E-state index in [-0.39, 0.29) is 6.01 Å². The van der Waals surface area contributed by atoms with Crippen molar-refractivity contribution in [2.24, 2.45) is 0 Å². The normalized spacial score (nSPS) is 10.0. The van der Waals surface area contributed by atoms with Crippen molar-refractivity contribution >= 4 is 12.3 Å². The zero-order chi connectivity index (χ0) is 9.97. The lowest BCUT2D eigenvalue weighted by atomic mass is 10.1. The number of nitrogen functional groups attached to an aromatic ring is 1. The van der Waals surface area contributed by atoms with Gasteiger partial charge in [-0.25, -0.2) is 0 Å². The molecule has 14 heavy (non-hydrogen) atoms. The number of carbonyl (C=O) groups excluding carboxylic acids is 1. The summed E-state index contributed by atoms with van der Waals surface area (Å²) in [6.45, 7) is 0. The number of benzene rings is 1. The van der Waals surface area contributed by atoms with E-state index in [2.05, 4.69) is 4.98 Å². The number of nitrogens with zero attached hydrogens (tertiary/aromatic N) is 1. The third kappa shape index (κ3) is 1.50. The van der Waals surface area contributed by atoms with Gasteiger partial charge in [0.2, 0.25) is 0 Å². The Morgan fingerprint density at radius 3 is 2.50 bits per heavy atom. The number of oxazole rings is 1. The Balaban J connectivity index is 2.38. The van der Waals surface area contributed by atoms with Gasteiger partial charge >= 0.3 is 0 Å². The minimum absolute atomic E-state index is 0.138. The zero-order valence-corrected chi connectivity index (χ0v) is 7.31. The maximum Gasteiger partial charge on any atom is 0.292 e. The molecule has 0 unspecified atom stereocenters. The zero-order valence-electron chi connectivity index (χ0n) is 7.31. The van der Waals surface area contributed by atoms with Crippen LogP contribution in [0.4, 0.5) is 6.01 Å². The van der Waals surface area contributed by atoms with Crippen molar-refractivity contribution in [2.75, 3.05) is 5.73 Å². The summed E-state index contributed by atoms with van der Waals surface area (Å²) in [6, 6.07) is 7.15. The molecule has 1 aromatic carbocycles. The van der Waals surface area contributed by atoms with Crippen molar-refractivity contribution in [1.82, 2.24) is 4.98 Å². The molecular formula is C10H8N2O2. The molecule has 4 nitrogen and oxygen atoms in total. The third-order valence-electron chi connectivity index (χ3n) is 1.86. The van der Waals surface area contributed by atoms with E-state index in [1.807, 2.05) is 0 Å². The van der Waals surface area contributed by atoms with Crippen LogP contribution in [0.1, 0.15) is 10.4 Å². The number of carbonyl (C=O) groups is 1. The minimum Gasteiger partial charge on any atom is -0.432 e. The number of anilines is 1. The molecule has 1 heterocycles. The van der Waals surface area contributed by atoms with E-state index in [1.54, 1.807) is 24.3 Å². The van der Waals surface area contributed by atoms with Crippen LogP contribution in [0.3, 0.4) is 0 Å². The molecule has 2 aromatic rings. The Kier molecular flexibility index (Phi) is 2.02. The largest absolute Gasteiger partial charge is 0.432 e. The van der Waals surface area contributed by atoms with E-state index in [0.717, 1.165) is 11.8 Å². The molecule has 0 bridgehead atoms. The molecule has 1 aromatic heterocycles. The summed E-state index contributed by atoms with van der Waals surface area (Å²) in [4.78, 5) is 14.4. The SMILES string of the molecule is Nc1nc(-c2ccc(C=O)cc2)co1. The van der Waals surface area contributed by atoms with Gasteiger partial charge in [-0.05, 0) is 0 Å². The van der Waals surface area contributed by atoms with Crippen molar-refractivity contribution in [3.63, 3.8) is 0 Å². The van der Waals surface area contributed by atoms with E-state index >= 15 is 0 Å². The summed E-state index contributed by atoms with van der Waals surface area (Å²) >= 11 is 0. The van der Waals surface area contributed by atoms with Crippen LogP contribution in [0.15, 0.2) is 34.9 Å². The first-order valence-corrected chi connectivity index (χ1v) is 4.06. The Morgan fingerprint density at radius 1 is 1.29 bits per heavy atom. The van der Waals surface area contributed by atoms with Crippen LogP contribution in [-0.4, -0.2) is 11.3 Å². The molecule has 0 aliphatic heterocycles. The first-order chi connectivity index (χ1) is 6.79. The number of aromatic nitrogens is 1. The summed E-state index contributed by atoms with van der Waals surface area (Å²) < 4.78 is 4.87.